The topological polar surface area (TPSA) is 91.3 Å². The van der Waals surface area contributed by atoms with Crippen molar-refractivity contribution in [2.75, 3.05) is 13.1 Å². The molecule has 0 aliphatic rings. The minimum atomic E-state index is -0.644. The van der Waals surface area contributed by atoms with Crippen molar-refractivity contribution >= 4 is 44.7 Å². The number of halogens is 1. The van der Waals surface area contributed by atoms with Crippen LogP contribution in [-0.2, 0) is 9.53 Å². The van der Waals surface area contributed by atoms with E-state index in [9.17, 15) is 9.59 Å². The van der Waals surface area contributed by atoms with Crippen LogP contribution in [0, 0.1) is 5.41 Å². The van der Waals surface area contributed by atoms with Crippen molar-refractivity contribution in [3.8, 4) is 0 Å². The van der Waals surface area contributed by atoms with Gasteiger partial charge in [0.25, 0.3) is 0 Å². The van der Waals surface area contributed by atoms with Crippen molar-refractivity contribution in [3.05, 3.63) is 9.89 Å². The Labute approximate surface area is 131 Å². The number of carbonyl (C=O) groups is 2. The zero-order valence-corrected chi connectivity index (χ0v) is 14.4. The van der Waals surface area contributed by atoms with Crippen molar-refractivity contribution in [3.63, 3.8) is 0 Å². The van der Waals surface area contributed by atoms with E-state index in [-0.39, 0.29) is 19.0 Å². The van der Waals surface area contributed by atoms with Gasteiger partial charge in [-0.15, -0.1) is 0 Å². The van der Waals surface area contributed by atoms with Crippen LogP contribution in [0.15, 0.2) is 9.89 Å². The van der Waals surface area contributed by atoms with Gasteiger partial charge in [-0.05, 0) is 37.6 Å². The Morgan fingerprint density at radius 1 is 1.30 bits per heavy atom. The maximum Gasteiger partial charge on any atom is 0.408 e. The van der Waals surface area contributed by atoms with Gasteiger partial charge in [-0.2, -0.15) is 0 Å². The van der Waals surface area contributed by atoms with Crippen molar-refractivity contribution in [2.24, 2.45) is 0 Å². The molecule has 0 aliphatic heterocycles. The van der Waals surface area contributed by atoms with Crippen LogP contribution >= 0.6 is 27.7 Å². The van der Waals surface area contributed by atoms with Gasteiger partial charge in [-0.3, -0.25) is 10.2 Å². The molecule has 114 valence electrons. The largest absolute Gasteiger partial charge is 0.444 e. The summed E-state index contributed by atoms with van der Waals surface area (Å²) >= 11 is 4.45. The fraction of sp³-hybridized carbons (Fsp3) is 0.583. The molecule has 0 aromatic rings. The summed E-state index contributed by atoms with van der Waals surface area (Å²) in [6.07, 6.45) is -0.644. The molecule has 0 saturated carbocycles. The molecule has 0 saturated heterocycles. The maximum atomic E-state index is 11.4. The number of amides is 2. The highest BCUT2D eigenvalue weighted by Gasteiger charge is 2.16. The Balaban J connectivity index is 3.87. The molecule has 0 unspecified atom stereocenters. The van der Waals surface area contributed by atoms with E-state index in [1.54, 1.807) is 26.2 Å². The fourth-order valence-electron chi connectivity index (χ4n) is 0.902. The molecule has 0 aromatic carbocycles. The number of rotatable bonds is 5. The van der Waals surface area contributed by atoms with Gasteiger partial charge < -0.3 is 15.4 Å². The Kier molecular flexibility index (Phi) is 8.56. The molecule has 20 heavy (non-hydrogen) atoms. The summed E-state index contributed by atoms with van der Waals surface area (Å²) in [7, 11) is 0. The van der Waals surface area contributed by atoms with Gasteiger partial charge in [-0.1, -0.05) is 27.7 Å². The van der Waals surface area contributed by atoms with Crippen LogP contribution in [0.25, 0.3) is 0 Å². The average Bonchev–Trinajstić information content (AvgIpc) is 2.29. The first-order valence-electron chi connectivity index (χ1n) is 5.90. The molecule has 3 N–H and O–H groups in total. The summed E-state index contributed by atoms with van der Waals surface area (Å²) in [5.74, 6) is -0.374. The predicted molar refractivity (Wildman–Crippen MR) is 85.2 cm³/mol. The lowest BCUT2D eigenvalue weighted by Crippen LogP contribution is -2.40. The maximum absolute atomic E-state index is 11.4. The van der Waals surface area contributed by atoms with Crippen molar-refractivity contribution in [2.45, 2.75) is 33.3 Å². The molecule has 0 bridgehead atoms. The van der Waals surface area contributed by atoms with Crippen LogP contribution in [0.5, 0.6) is 0 Å². The summed E-state index contributed by atoms with van der Waals surface area (Å²) in [5.41, 5.74) is -0.598. The van der Waals surface area contributed by atoms with E-state index < -0.39 is 11.7 Å². The summed E-state index contributed by atoms with van der Waals surface area (Å²) in [6, 6.07) is 0. The summed E-state index contributed by atoms with van der Waals surface area (Å²) in [4.78, 5) is 22.7. The number of carbonyl (C=O) groups excluding carboxylic acids is 2. The molecule has 0 aliphatic carbocycles. The Bertz CT molecular complexity index is 401. The summed E-state index contributed by atoms with van der Waals surface area (Å²) in [6.45, 7) is 7.01. The van der Waals surface area contributed by atoms with Gasteiger partial charge in [0, 0.05) is 0 Å². The van der Waals surface area contributed by atoms with Crippen LogP contribution in [0.3, 0.4) is 0 Å². The SMILES string of the molecule is C/C(Br)=C\SC(=N)CNC(=O)CNC(=O)OC(C)(C)C. The lowest BCUT2D eigenvalue weighted by Gasteiger charge is -2.19. The molecule has 2 amide bonds. The minimum absolute atomic E-state index is 0.121. The van der Waals surface area contributed by atoms with Gasteiger partial charge in [0.05, 0.1) is 11.6 Å². The second-order valence-corrected chi connectivity index (χ2v) is 7.09. The predicted octanol–water partition coefficient (Wildman–Crippen LogP) is 2.59. The third kappa shape index (κ3) is 12.0. The van der Waals surface area contributed by atoms with Gasteiger partial charge in [0.15, 0.2) is 0 Å². The van der Waals surface area contributed by atoms with Crippen LogP contribution in [0.4, 0.5) is 4.79 Å². The number of hydrogen-bond acceptors (Lipinski definition) is 5. The van der Waals surface area contributed by atoms with Crippen LogP contribution in [0.1, 0.15) is 27.7 Å². The lowest BCUT2D eigenvalue weighted by atomic mass is 10.2. The van der Waals surface area contributed by atoms with Crippen LogP contribution in [-0.4, -0.2) is 35.7 Å². The third-order valence-electron chi connectivity index (χ3n) is 1.60. The molecule has 0 fully saturated rings. The highest BCUT2D eigenvalue weighted by atomic mass is 79.9. The number of allylic oxidation sites excluding steroid dienone is 1. The molecular weight excluding hydrogens is 346 g/mol. The monoisotopic (exact) mass is 365 g/mol. The summed E-state index contributed by atoms with van der Waals surface area (Å²) in [5, 5.41) is 14.5. The number of ether oxygens (including phenoxy) is 1. The second kappa shape index (κ2) is 9.02. The standard InChI is InChI=1S/C12H20BrN3O3S/c1-8(13)7-20-9(14)5-15-10(17)6-16-11(18)19-12(2,3)4/h7,14H,5-6H2,1-4H3,(H,15,17)(H,16,18)/b8-7+,14-9?. The lowest BCUT2D eigenvalue weighted by molar-refractivity contribution is -0.120. The number of nitrogens with one attached hydrogen (secondary N) is 3. The van der Waals surface area contributed by atoms with Crippen molar-refractivity contribution < 1.29 is 14.3 Å². The van der Waals surface area contributed by atoms with E-state index in [0.717, 1.165) is 4.48 Å². The van der Waals surface area contributed by atoms with E-state index >= 15 is 0 Å². The second-order valence-electron chi connectivity index (χ2n) is 4.88. The Hall–Kier alpha value is -1.02. The molecule has 0 rings (SSSR count). The zero-order chi connectivity index (χ0) is 15.8. The average molecular weight is 366 g/mol. The number of thioether (sulfide) groups is 1. The highest BCUT2D eigenvalue weighted by Crippen LogP contribution is 2.12. The van der Waals surface area contributed by atoms with Gasteiger partial charge in [-0.25, -0.2) is 4.79 Å². The molecule has 0 aromatic heterocycles. The quantitative estimate of drug-likeness (QED) is 0.515. The van der Waals surface area contributed by atoms with E-state index in [0.29, 0.717) is 5.04 Å². The molecular formula is C12H20BrN3O3S. The summed E-state index contributed by atoms with van der Waals surface area (Å²) < 4.78 is 5.90. The molecule has 0 radical (unpaired) electrons. The smallest absolute Gasteiger partial charge is 0.408 e. The molecule has 0 heterocycles. The Morgan fingerprint density at radius 2 is 1.90 bits per heavy atom. The van der Waals surface area contributed by atoms with Crippen LogP contribution in [0.2, 0.25) is 0 Å². The third-order valence-corrected chi connectivity index (χ3v) is 3.03. The zero-order valence-electron chi connectivity index (χ0n) is 12.0. The first kappa shape index (κ1) is 19.0. The molecule has 8 heteroatoms. The van der Waals surface area contributed by atoms with Crippen molar-refractivity contribution in [1.82, 2.24) is 10.6 Å². The fourth-order valence-corrected chi connectivity index (χ4v) is 1.64. The van der Waals surface area contributed by atoms with Gasteiger partial charge in [0.1, 0.15) is 12.1 Å². The first-order valence-corrected chi connectivity index (χ1v) is 7.57. The van der Waals surface area contributed by atoms with Crippen LogP contribution < -0.4 is 10.6 Å². The van der Waals surface area contributed by atoms with E-state index in [2.05, 4.69) is 26.6 Å². The normalized spacial score (nSPS) is 11.8. The first-order chi connectivity index (χ1) is 9.10. The Morgan fingerprint density at radius 3 is 2.40 bits per heavy atom. The van der Waals surface area contributed by atoms with Gasteiger partial charge >= 0.3 is 6.09 Å². The molecule has 0 spiro atoms. The van der Waals surface area contributed by atoms with E-state index in [4.69, 9.17) is 10.1 Å². The number of hydrogen-bond donors (Lipinski definition) is 3. The van der Waals surface area contributed by atoms with Crippen molar-refractivity contribution in [1.29, 1.82) is 5.41 Å². The molecule has 6 nitrogen and oxygen atoms in total. The van der Waals surface area contributed by atoms with E-state index in [1.807, 2.05) is 6.92 Å². The van der Waals surface area contributed by atoms with Gasteiger partial charge in [0.2, 0.25) is 5.91 Å². The minimum Gasteiger partial charge on any atom is -0.444 e. The highest BCUT2D eigenvalue weighted by molar-refractivity contribution is 9.11. The van der Waals surface area contributed by atoms with E-state index in [1.165, 1.54) is 11.8 Å². The molecule has 0 atom stereocenters. The number of alkyl carbamates (subject to hydrolysis) is 1.